The van der Waals surface area contributed by atoms with Crippen LogP contribution in [0.4, 0.5) is 5.82 Å². The Balaban J connectivity index is 0.000000199. The molecule has 1 aliphatic heterocycles. The van der Waals surface area contributed by atoms with E-state index in [1.54, 1.807) is 12.4 Å². The van der Waals surface area contributed by atoms with E-state index in [1.807, 2.05) is 23.3 Å². The Bertz CT molecular complexity index is 1110. The van der Waals surface area contributed by atoms with Crippen molar-refractivity contribution >= 4 is 22.9 Å². The van der Waals surface area contributed by atoms with E-state index in [9.17, 15) is 4.79 Å². The van der Waals surface area contributed by atoms with Crippen molar-refractivity contribution in [1.82, 2.24) is 34.4 Å². The van der Waals surface area contributed by atoms with Crippen molar-refractivity contribution < 1.29 is 9.53 Å². The summed E-state index contributed by atoms with van der Waals surface area (Å²) < 4.78 is 7.45. The van der Waals surface area contributed by atoms with Crippen molar-refractivity contribution in [2.24, 2.45) is 11.8 Å². The molecule has 1 amide bonds. The second-order valence-electron chi connectivity index (χ2n) is 9.06. The van der Waals surface area contributed by atoms with Crippen LogP contribution in [0, 0.1) is 18.8 Å². The number of aromatic nitrogens is 6. The van der Waals surface area contributed by atoms with Gasteiger partial charge in [0.15, 0.2) is 17.0 Å². The lowest BCUT2D eigenvalue weighted by atomic mass is 9.97. The minimum absolute atomic E-state index is 0.194. The van der Waals surface area contributed by atoms with Gasteiger partial charge < -0.3 is 19.9 Å². The zero-order chi connectivity index (χ0) is 25.5. The van der Waals surface area contributed by atoms with Crippen LogP contribution in [0.15, 0.2) is 18.7 Å². The highest BCUT2D eigenvalue weighted by atomic mass is 16.5. The highest BCUT2D eigenvalue weighted by Gasteiger charge is 2.32. The number of hydrogen-bond acceptors (Lipinski definition) is 8. The van der Waals surface area contributed by atoms with Crippen LogP contribution < -0.4 is 5.73 Å². The Morgan fingerprint density at radius 3 is 2.43 bits per heavy atom. The van der Waals surface area contributed by atoms with Crippen LogP contribution in [0.25, 0.3) is 22.6 Å². The summed E-state index contributed by atoms with van der Waals surface area (Å²) in [4.78, 5) is 35.5. The van der Waals surface area contributed by atoms with E-state index in [0.29, 0.717) is 36.4 Å². The largest absolute Gasteiger partial charge is 0.382 e. The maximum atomic E-state index is 12.3. The fourth-order valence-corrected chi connectivity index (χ4v) is 4.30. The summed E-state index contributed by atoms with van der Waals surface area (Å²) in [6.45, 7) is 15.3. The SMILES string of the molecule is CCC(CC)C(=O)N1CCOCC1C(C)C.CCn1c(-c2cnc(C)nc2)nc2c(N)ncnc21. The molecule has 10 nitrogen and oxygen atoms in total. The Kier molecular flexibility index (Phi) is 9.08. The van der Waals surface area contributed by atoms with Gasteiger partial charge in [-0.1, -0.05) is 27.7 Å². The van der Waals surface area contributed by atoms with Gasteiger partial charge in [0.25, 0.3) is 0 Å². The van der Waals surface area contributed by atoms with Gasteiger partial charge in [0.2, 0.25) is 5.91 Å². The van der Waals surface area contributed by atoms with Crippen molar-refractivity contribution in [3.05, 3.63) is 24.5 Å². The fourth-order valence-electron chi connectivity index (χ4n) is 4.30. The molecule has 4 heterocycles. The third-order valence-corrected chi connectivity index (χ3v) is 6.47. The molecule has 10 heteroatoms. The van der Waals surface area contributed by atoms with E-state index in [1.165, 1.54) is 6.33 Å². The predicted molar refractivity (Wildman–Crippen MR) is 136 cm³/mol. The lowest BCUT2D eigenvalue weighted by Gasteiger charge is -2.39. The summed E-state index contributed by atoms with van der Waals surface area (Å²) in [5, 5.41) is 0. The topological polar surface area (TPSA) is 125 Å². The van der Waals surface area contributed by atoms with Gasteiger partial charge in [-0.3, -0.25) is 4.79 Å². The number of nitrogen functional groups attached to an aromatic ring is 1. The maximum Gasteiger partial charge on any atom is 0.226 e. The van der Waals surface area contributed by atoms with Crippen LogP contribution in [0.3, 0.4) is 0 Å². The molecule has 0 aromatic carbocycles. The number of nitrogens with two attached hydrogens (primary N) is 1. The molecule has 1 unspecified atom stereocenters. The Morgan fingerprint density at radius 1 is 1.14 bits per heavy atom. The molecular formula is C25H38N8O2. The molecule has 2 N–H and O–H groups in total. The number of imidazole rings is 1. The first-order chi connectivity index (χ1) is 16.8. The lowest BCUT2D eigenvalue weighted by molar-refractivity contribution is -0.146. The average Bonchev–Trinajstić information content (AvgIpc) is 3.25. The number of carbonyl (C=O) groups is 1. The molecule has 1 fully saturated rings. The maximum absolute atomic E-state index is 12.3. The number of rotatable bonds is 6. The van der Waals surface area contributed by atoms with E-state index in [2.05, 4.69) is 52.6 Å². The van der Waals surface area contributed by atoms with Gasteiger partial charge in [0.05, 0.1) is 24.8 Å². The van der Waals surface area contributed by atoms with Gasteiger partial charge in [0.1, 0.15) is 18.0 Å². The van der Waals surface area contributed by atoms with Crippen molar-refractivity contribution in [2.45, 2.75) is 67.0 Å². The Labute approximate surface area is 207 Å². The first-order valence-electron chi connectivity index (χ1n) is 12.5. The number of nitrogens with zero attached hydrogens (tertiary/aromatic N) is 7. The number of amides is 1. The molecule has 0 bridgehead atoms. The Hall–Kier alpha value is -3.14. The molecule has 4 rings (SSSR count). The van der Waals surface area contributed by atoms with Gasteiger partial charge in [-0.15, -0.1) is 0 Å². The highest BCUT2D eigenvalue weighted by Crippen LogP contribution is 2.25. The van der Waals surface area contributed by atoms with Gasteiger partial charge >= 0.3 is 0 Å². The van der Waals surface area contributed by atoms with Crippen LogP contribution in [0.2, 0.25) is 0 Å². The molecule has 3 aromatic rings. The number of aryl methyl sites for hydroxylation is 2. The van der Waals surface area contributed by atoms with E-state index in [4.69, 9.17) is 10.5 Å². The summed E-state index contributed by atoms with van der Waals surface area (Å²) in [6.07, 6.45) is 6.83. The van der Waals surface area contributed by atoms with Crippen LogP contribution in [-0.4, -0.2) is 66.1 Å². The second kappa shape index (κ2) is 12.0. The quantitative estimate of drug-likeness (QED) is 0.566. The second-order valence-corrected chi connectivity index (χ2v) is 9.06. The molecule has 1 atom stereocenters. The fraction of sp³-hybridized carbons (Fsp3) is 0.600. The molecule has 190 valence electrons. The number of anilines is 1. The number of carbonyl (C=O) groups excluding carboxylic acids is 1. The third-order valence-electron chi connectivity index (χ3n) is 6.47. The molecule has 1 saturated heterocycles. The highest BCUT2D eigenvalue weighted by molar-refractivity contribution is 5.85. The summed E-state index contributed by atoms with van der Waals surface area (Å²) in [7, 11) is 0. The number of hydrogen-bond donors (Lipinski definition) is 1. The summed E-state index contributed by atoms with van der Waals surface area (Å²) in [6, 6.07) is 0.266. The molecular weight excluding hydrogens is 444 g/mol. The summed E-state index contributed by atoms with van der Waals surface area (Å²) >= 11 is 0. The molecule has 0 spiro atoms. The van der Waals surface area contributed by atoms with Crippen LogP contribution in [-0.2, 0) is 16.1 Å². The smallest absolute Gasteiger partial charge is 0.226 e. The summed E-state index contributed by atoms with van der Waals surface area (Å²) in [5.41, 5.74) is 8.01. The first-order valence-corrected chi connectivity index (χ1v) is 12.5. The van der Waals surface area contributed by atoms with E-state index >= 15 is 0 Å². The van der Waals surface area contributed by atoms with E-state index < -0.39 is 0 Å². The van der Waals surface area contributed by atoms with Gasteiger partial charge in [0, 0.05) is 31.4 Å². The molecule has 0 saturated carbocycles. The van der Waals surface area contributed by atoms with Gasteiger partial charge in [-0.2, -0.15) is 0 Å². The minimum Gasteiger partial charge on any atom is -0.382 e. The molecule has 0 aliphatic carbocycles. The molecule has 35 heavy (non-hydrogen) atoms. The van der Waals surface area contributed by atoms with Gasteiger partial charge in [-0.05, 0) is 32.6 Å². The van der Waals surface area contributed by atoms with Gasteiger partial charge in [-0.25, -0.2) is 24.9 Å². The van der Waals surface area contributed by atoms with Crippen LogP contribution in [0.5, 0.6) is 0 Å². The van der Waals surface area contributed by atoms with E-state index in [0.717, 1.165) is 48.8 Å². The predicted octanol–water partition coefficient (Wildman–Crippen LogP) is 3.50. The van der Waals surface area contributed by atoms with Crippen molar-refractivity contribution in [3.63, 3.8) is 0 Å². The van der Waals surface area contributed by atoms with E-state index in [-0.39, 0.29) is 12.0 Å². The number of ether oxygens (including phenoxy) is 1. The molecule has 1 aliphatic rings. The normalized spacial score (nSPS) is 16.0. The number of morpholine rings is 1. The first kappa shape index (κ1) is 26.5. The van der Waals surface area contributed by atoms with Crippen molar-refractivity contribution in [1.29, 1.82) is 0 Å². The van der Waals surface area contributed by atoms with Crippen LogP contribution >= 0.6 is 0 Å². The zero-order valence-corrected chi connectivity index (χ0v) is 21.7. The lowest BCUT2D eigenvalue weighted by Crippen LogP contribution is -2.52. The number of fused-ring (bicyclic) bond motifs is 1. The molecule has 3 aromatic heterocycles. The third kappa shape index (κ3) is 5.93. The molecule has 0 radical (unpaired) electrons. The minimum atomic E-state index is 0.194. The monoisotopic (exact) mass is 482 g/mol. The Morgan fingerprint density at radius 2 is 1.83 bits per heavy atom. The van der Waals surface area contributed by atoms with Crippen LogP contribution in [0.1, 0.15) is 53.3 Å². The average molecular weight is 483 g/mol. The van der Waals surface area contributed by atoms with Crippen molar-refractivity contribution in [2.75, 3.05) is 25.5 Å². The van der Waals surface area contributed by atoms with Crippen molar-refractivity contribution in [3.8, 4) is 11.4 Å². The summed E-state index contributed by atoms with van der Waals surface area (Å²) in [5.74, 6) is 2.85. The zero-order valence-electron chi connectivity index (χ0n) is 21.7. The standard InChI is InChI=1S/C13H25NO2.C12H13N7/c1-5-11(6-2)13(15)14-7-8-16-9-12(14)10(3)4;1-3-19-11(8-4-14-7(2)15-5-8)18-9-10(13)16-6-17-12(9)19/h10-12H,5-9H2,1-4H3;4-6H,3H2,1-2H3,(H2,13,16,17).